The molecule has 0 bridgehead atoms. The lowest BCUT2D eigenvalue weighted by molar-refractivity contribution is 0.184. The Labute approximate surface area is 140 Å². The monoisotopic (exact) mass is 405 g/mol. The summed E-state index contributed by atoms with van der Waals surface area (Å²) in [4.78, 5) is 6.98. The standard InChI is InChI=1S/C14H19N3OS.HI/c1-15-14(17(2)3)16-9-11(18)13-8-10-6-4-5-7-12(10)19-13;/h4-8,11,18H,9H2,1-3H3,(H,15,16);1H. The van der Waals surface area contributed by atoms with Gasteiger partial charge in [0.25, 0.3) is 0 Å². The minimum atomic E-state index is -0.519. The van der Waals surface area contributed by atoms with Gasteiger partial charge in [-0.3, -0.25) is 4.99 Å². The fourth-order valence-electron chi connectivity index (χ4n) is 1.89. The van der Waals surface area contributed by atoms with Crippen LogP contribution >= 0.6 is 35.3 Å². The van der Waals surface area contributed by atoms with Crippen molar-refractivity contribution in [3.05, 3.63) is 35.2 Å². The predicted molar refractivity (Wildman–Crippen MR) is 97.2 cm³/mol. The SMILES string of the molecule is CN=C(NCC(O)c1cc2ccccc2s1)N(C)C.I. The zero-order valence-electron chi connectivity index (χ0n) is 11.8. The number of aliphatic hydroxyl groups is 1. The van der Waals surface area contributed by atoms with Gasteiger partial charge in [0.05, 0.1) is 0 Å². The summed E-state index contributed by atoms with van der Waals surface area (Å²) in [6.45, 7) is 0.456. The summed E-state index contributed by atoms with van der Waals surface area (Å²) in [6.07, 6.45) is -0.519. The van der Waals surface area contributed by atoms with Gasteiger partial charge in [-0.1, -0.05) is 18.2 Å². The Hall–Kier alpha value is -0.860. The smallest absolute Gasteiger partial charge is 0.193 e. The van der Waals surface area contributed by atoms with E-state index in [1.165, 1.54) is 10.1 Å². The second-order valence-electron chi connectivity index (χ2n) is 4.52. The number of benzene rings is 1. The molecule has 110 valence electrons. The van der Waals surface area contributed by atoms with Gasteiger partial charge in [0.1, 0.15) is 6.10 Å². The van der Waals surface area contributed by atoms with Crippen molar-refractivity contribution in [3.63, 3.8) is 0 Å². The van der Waals surface area contributed by atoms with E-state index in [0.717, 1.165) is 10.8 Å². The maximum atomic E-state index is 10.2. The topological polar surface area (TPSA) is 47.9 Å². The van der Waals surface area contributed by atoms with Crippen molar-refractivity contribution in [2.75, 3.05) is 27.7 Å². The molecule has 0 amide bonds. The third kappa shape index (κ3) is 4.07. The number of guanidine groups is 1. The van der Waals surface area contributed by atoms with Gasteiger partial charge in [-0.05, 0) is 17.5 Å². The number of hydrogen-bond acceptors (Lipinski definition) is 3. The van der Waals surface area contributed by atoms with Gasteiger partial charge in [0, 0.05) is 37.3 Å². The molecule has 0 aliphatic rings. The van der Waals surface area contributed by atoms with Gasteiger partial charge in [0.2, 0.25) is 0 Å². The molecule has 0 radical (unpaired) electrons. The Morgan fingerprint density at radius 2 is 2.10 bits per heavy atom. The molecule has 6 heteroatoms. The molecular formula is C14H20IN3OS. The van der Waals surface area contributed by atoms with E-state index < -0.39 is 6.10 Å². The summed E-state index contributed by atoms with van der Waals surface area (Å²) in [6, 6.07) is 10.2. The largest absolute Gasteiger partial charge is 0.386 e. The summed E-state index contributed by atoms with van der Waals surface area (Å²) in [5, 5.41) is 14.5. The minimum Gasteiger partial charge on any atom is -0.386 e. The van der Waals surface area contributed by atoms with Crippen LogP contribution in [0, 0.1) is 0 Å². The fourth-order valence-corrected chi connectivity index (χ4v) is 2.94. The van der Waals surface area contributed by atoms with E-state index >= 15 is 0 Å². The van der Waals surface area contributed by atoms with Crippen LogP contribution in [0.15, 0.2) is 35.3 Å². The lowest BCUT2D eigenvalue weighted by atomic mass is 10.2. The van der Waals surface area contributed by atoms with Gasteiger partial charge >= 0.3 is 0 Å². The van der Waals surface area contributed by atoms with E-state index in [-0.39, 0.29) is 24.0 Å². The molecule has 20 heavy (non-hydrogen) atoms. The van der Waals surface area contributed by atoms with Gasteiger partial charge < -0.3 is 15.3 Å². The van der Waals surface area contributed by atoms with Crippen LogP contribution in [0.1, 0.15) is 11.0 Å². The minimum absolute atomic E-state index is 0. The highest BCUT2D eigenvalue weighted by Gasteiger charge is 2.12. The normalized spacial score (nSPS) is 12.9. The quantitative estimate of drug-likeness (QED) is 0.469. The molecule has 2 N–H and O–H groups in total. The maximum absolute atomic E-state index is 10.2. The van der Waals surface area contributed by atoms with E-state index in [0.29, 0.717) is 6.54 Å². The Kier molecular flexibility index (Phi) is 6.70. The lowest BCUT2D eigenvalue weighted by Crippen LogP contribution is -2.38. The zero-order chi connectivity index (χ0) is 13.8. The van der Waals surface area contributed by atoms with Crippen molar-refractivity contribution in [3.8, 4) is 0 Å². The first-order valence-electron chi connectivity index (χ1n) is 6.16. The second-order valence-corrected chi connectivity index (χ2v) is 5.64. The van der Waals surface area contributed by atoms with Gasteiger partial charge in [-0.25, -0.2) is 0 Å². The Bertz CT molecular complexity index is 550. The van der Waals surface area contributed by atoms with Crippen molar-refractivity contribution in [1.29, 1.82) is 0 Å². The molecule has 1 unspecified atom stereocenters. The number of hydrogen-bond donors (Lipinski definition) is 2. The molecule has 2 aromatic rings. The third-order valence-electron chi connectivity index (χ3n) is 2.86. The van der Waals surface area contributed by atoms with Crippen molar-refractivity contribution in [1.82, 2.24) is 10.2 Å². The van der Waals surface area contributed by atoms with Crippen LogP contribution in [0.25, 0.3) is 10.1 Å². The first kappa shape index (κ1) is 17.2. The van der Waals surface area contributed by atoms with Crippen LogP contribution in [-0.2, 0) is 0 Å². The molecule has 0 aliphatic carbocycles. The molecule has 1 atom stereocenters. The fraction of sp³-hybridized carbons (Fsp3) is 0.357. The van der Waals surface area contributed by atoms with E-state index in [1.54, 1.807) is 18.4 Å². The van der Waals surface area contributed by atoms with Crippen molar-refractivity contribution >= 4 is 51.4 Å². The molecule has 0 saturated carbocycles. The summed E-state index contributed by atoms with van der Waals surface area (Å²) >= 11 is 1.63. The lowest BCUT2D eigenvalue weighted by Gasteiger charge is -2.18. The molecule has 4 nitrogen and oxygen atoms in total. The number of aliphatic hydroxyl groups excluding tert-OH is 1. The molecule has 1 aromatic heterocycles. The molecule has 0 saturated heterocycles. The van der Waals surface area contributed by atoms with Crippen LogP contribution in [-0.4, -0.2) is 43.7 Å². The van der Waals surface area contributed by atoms with Crippen LogP contribution in [0.3, 0.4) is 0 Å². The number of nitrogens with one attached hydrogen (secondary N) is 1. The van der Waals surface area contributed by atoms with Crippen molar-refractivity contribution in [2.24, 2.45) is 4.99 Å². The second kappa shape index (κ2) is 7.80. The Morgan fingerprint density at radius 3 is 2.70 bits per heavy atom. The van der Waals surface area contributed by atoms with Crippen LogP contribution in [0.2, 0.25) is 0 Å². The van der Waals surface area contributed by atoms with Crippen LogP contribution in [0.5, 0.6) is 0 Å². The number of aliphatic imine (C=N–C) groups is 1. The van der Waals surface area contributed by atoms with Gasteiger partial charge in [-0.15, -0.1) is 35.3 Å². The first-order chi connectivity index (χ1) is 9.11. The highest BCUT2D eigenvalue weighted by Crippen LogP contribution is 2.29. The van der Waals surface area contributed by atoms with E-state index in [2.05, 4.69) is 22.4 Å². The molecule has 1 aromatic carbocycles. The zero-order valence-corrected chi connectivity index (χ0v) is 15.0. The number of nitrogens with zero attached hydrogens (tertiary/aromatic N) is 2. The van der Waals surface area contributed by atoms with Crippen LogP contribution < -0.4 is 5.32 Å². The number of fused-ring (bicyclic) bond motifs is 1. The van der Waals surface area contributed by atoms with Crippen molar-refractivity contribution < 1.29 is 5.11 Å². The predicted octanol–water partition coefficient (Wildman–Crippen LogP) is 2.69. The molecule has 1 heterocycles. The number of halogens is 1. The molecule has 0 aliphatic heterocycles. The Balaban J connectivity index is 0.00000200. The van der Waals surface area contributed by atoms with Gasteiger partial charge in [0.15, 0.2) is 5.96 Å². The van der Waals surface area contributed by atoms with Crippen molar-refractivity contribution in [2.45, 2.75) is 6.10 Å². The van der Waals surface area contributed by atoms with Gasteiger partial charge in [-0.2, -0.15) is 0 Å². The average molecular weight is 405 g/mol. The number of thiophene rings is 1. The highest BCUT2D eigenvalue weighted by molar-refractivity contribution is 14.0. The summed E-state index contributed by atoms with van der Waals surface area (Å²) in [5.41, 5.74) is 0. The highest BCUT2D eigenvalue weighted by atomic mass is 127. The summed E-state index contributed by atoms with van der Waals surface area (Å²) < 4.78 is 1.20. The first-order valence-corrected chi connectivity index (χ1v) is 6.98. The maximum Gasteiger partial charge on any atom is 0.193 e. The molecule has 0 fully saturated rings. The molecule has 2 rings (SSSR count). The molecule has 0 spiro atoms. The third-order valence-corrected chi connectivity index (χ3v) is 4.08. The Morgan fingerprint density at radius 1 is 1.40 bits per heavy atom. The average Bonchev–Trinajstić information content (AvgIpc) is 2.82. The van der Waals surface area contributed by atoms with E-state index in [1.807, 2.05) is 37.2 Å². The van der Waals surface area contributed by atoms with E-state index in [4.69, 9.17) is 0 Å². The summed E-state index contributed by atoms with van der Waals surface area (Å²) in [5.74, 6) is 0.764. The van der Waals surface area contributed by atoms with E-state index in [9.17, 15) is 5.11 Å². The summed E-state index contributed by atoms with van der Waals surface area (Å²) in [7, 11) is 5.57. The number of rotatable bonds is 3. The molecular weight excluding hydrogens is 385 g/mol. The van der Waals surface area contributed by atoms with Crippen LogP contribution in [0.4, 0.5) is 0 Å².